The van der Waals surface area contributed by atoms with Crippen LogP contribution in [-0.2, 0) is 21.7 Å². The standard InChI is InChI=1S/C38H41ClN2O3S/c1-26(40-21-22-45(5,42)43)28-11-9-27(10-12-28)23-35(30-13-17-33(18-14-30)38(2,3)4)36-25-37(44-41-36)32-8-6-7-31(24-32)29-15-19-34(39)20-16-29/h6-20,24-26,35,40H,21-23H2,1-5H3/t26?,35-/m0/s1. The van der Waals surface area contributed by atoms with E-state index in [1.165, 1.54) is 22.9 Å². The van der Waals surface area contributed by atoms with E-state index in [2.05, 4.69) is 105 Å². The van der Waals surface area contributed by atoms with E-state index in [9.17, 15) is 8.42 Å². The molecule has 0 saturated heterocycles. The van der Waals surface area contributed by atoms with Gasteiger partial charge in [0.1, 0.15) is 9.84 Å². The maximum atomic E-state index is 11.5. The predicted molar refractivity (Wildman–Crippen MR) is 186 cm³/mol. The highest BCUT2D eigenvalue weighted by atomic mass is 35.5. The van der Waals surface area contributed by atoms with Gasteiger partial charge in [-0.05, 0) is 70.3 Å². The number of hydrogen-bond acceptors (Lipinski definition) is 5. The molecule has 2 atom stereocenters. The summed E-state index contributed by atoms with van der Waals surface area (Å²) in [5.74, 6) is 0.838. The summed E-state index contributed by atoms with van der Waals surface area (Å²) in [6.45, 7) is 9.14. The van der Waals surface area contributed by atoms with Gasteiger partial charge in [0, 0.05) is 41.4 Å². The van der Waals surface area contributed by atoms with Gasteiger partial charge in [-0.2, -0.15) is 0 Å². The van der Waals surface area contributed by atoms with Crippen molar-refractivity contribution in [2.75, 3.05) is 18.6 Å². The second-order valence-corrected chi connectivity index (χ2v) is 15.6. The summed E-state index contributed by atoms with van der Waals surface area (Å²) in [4.78, 5) is 0. The van der Waals surface area contributed by atoms with E-state index in [4.69, 9.17) is 16.1 Å². The minimum Gasteiger partial charge on any atom is -0.356 e. The van der Waals surface area contributed by atoms with E-state index in [1.807, 2.05) is 36.4 Å². The average molecular weight is 641 g/mol. The maximum absolute atomic E-state index is 11.5. The molecule has 45 heavy (non-hydrogen) atoms. The molecule has 0 saturated carbocycles. The first kappa shape index (κ1) is 32.7. The highest BCUT2D eigenvalue weighted by molar-refractivity contribution is 7.90. The number of hydrogen-bond donors (Lipinski definition) is 1. The molecule has 1 N–H and O–H groups in total. The van der Waals surface area contributed by atoms with Crippen LogP contribution < -0.4 is 5.32 Å². The molecular weight excluding hydrogens is 600 g/mol. The molecule has 0 aliphatic heterocycles. The van der Waals surface area contributed by atoms with Gasteiger partial charge < -0.3 is 9.84 Å². The van der Waals surface area contributed by atoms with Crippen LogP contribution in [0.25, 0.3) is 22.5 Å². The van der Waals surface area contributed by atoms with Crippen molar-refractivity contribution in [1.29, 1.82) is 0 Å². The summed E-state index contributed by atoms with van der Waals surface area (Å²) in [6, 6.07) is 35.6. The Balaban J connectivity index is 1.41. The molecule has 0 spiro atoms. The fraction of sp³-hybridized carbons (Fsp3) is 0.289. The van der Waals surface area contributed by atoms with Gasteiger partial charge in [-0.1, -0.05) is 116 Å². The summed E-state index contributed by atoms with van der Waals surface area (Å²) in [5, 5.41) is 8.62. The molecule has 0 aliphatic rings. The number of rotatable bonds is 11. The van der Waals surface area contributed by atoms with Crippen LogP contribution >= 0.6 is 11.6 Å². The van der Waals surface area contributed by atoms with Crippen molar-refractivity contribution in [3.05, 3.63) is 136 Å². The Bertz CT molecular complexity index is 1820. The first-order chi connectivity index (χ1) is 21.4. The molecule has 1 unspecified atom stereocenters. The number of aromatic nitrogens is 1. The van der Waals surface area contributed by atoms with Crippen LogP contribution in [0.1, 0.15) is 67.6 Å². The van der Waals surface area contributed by atoms with Crippen LogP contribution in [0.5, 0.6) is 0 Å². The van der Waals surface area contributed by atoms with Crippen molar-refractivity contribution in [3.63, 3.8) is 0 Å². The van der Waals surface area contributed by atoms with Gasteiger partial charge in [0.15, 0.2) is 5.76 Å². The number of nitrogens with one attached hydrogen (secondary N) is 1. The van der Waals surface area contributed by atoms with E-state index in [0.29, 0.717) is 11.6 Å². The van der Waals surface area contributed by atoms with Gasteiger partial charge >= 0.3 is 0 Å². The van der Waals surface area contributed by atoms with Gasteiger partial charge in [0.05, 0.1) is 11.4 Å². The predicted octanol–water partition coefficient (Wildman–Crippen LogP) is 9.03. The summed E-state index contributed by atoms with van der Waals surface area (Å²) in [7, 11) is -3.00. The third-order valence-corrected chi connectivity index (χ3v) is 9.43. The van der Waals surface area contributed by atoms with E-state index in [0.717, 1.165) is 40.1 Å². The largest absolute Gasteiger partial charge is 0.356 e. The van der Waals surface area contributed by atoms with Crippen molar-refractivity contribution >= 4 is 21.4 Å². The van der Waals surface area contributed by atoms with Gasteiger partial charge in [0.2, 0.25) is 0 Å². The molecule has 0 bridgehead atoms. The normalized spacial score (nSPS) is 13.5. The maximum Gasteiger partial charge on any atom is 0.167 e. The minimum absolute atomic E-state index is 0.00729. The van der Waals surface area contributed by atoms with Crippen LogP contribution in [0.4, 0.5) is 0 Å². The first-order valence-corrected chi connectivity index (χ1v) is 17.7. The highest BCUT2D eigenvalue weighted by Gasteiger charge is 2.22. The Morgan fingerprint density at radius 2 is 1.47 bits per heavy atom. The highest BCUT2D eigenvalue weighted by Crippen LogP contribution is 2.34. The zero-order valence-electron chi connectivity index (χ0n) is 26.5. The molecule has 4 aromatic carbocycles. The molecule has 5 aromatic rings. The average Bonchev–Trinajstić information content (AvgIpc) is 3.50. The Morgan fingerprint density at radius 1 is 0.822 bits per heavy atom. The van der Waals surface area contributed by atoms with E-state index in [-0.39, 0.29) is 23.1 Å². The number of sulfone groups is 1. The molecule has 0 fully saturated rings. The van der Waals surface area contributed by atoms with Gasteiger partial charge in [0.25, 0.3) is 0 Å². The third kappa shape index (κ3) is 8.72. The number of benzene rings is 4. The van der Waals surface area contributed by atoms with E-state index >= 15 is 0 Å². The fourth-order valence-electron chi connectivity index (χ4n) is 5.45. The zero-order valence-corrected chi connectivity index (χ0v) is 28.1. The first-order valence-electron chi connectivity index (χ1n) is 15.3. The van der Waals surface area contributed by atoms with Crippen molar-refractivity contribution in [3.8, 4) is 22.5 Å². The van der Waals surface area contributed by atoms with Crippen LogP contribution in [0.3, 0.4) is 0 Å². The lowest BCUT2D eigenvalue weighted by Crippen LogP contribution is -2.25. The number of halogens is 1. The zero-order chi connectivity index (χ0) is 32.2. The van der Waals surface area contributed by atoms with Crippen LogP contribution in [0, 0.1) is 0 Å². The van der Waals surface area contributed by atoms with E-state index in [1.54, 1.807) is 0 Å². The Kier molecular flexibility index (Phi) is 9.97. The summed E-state index contributed by atoms with van der Waals surface area (Å²) in [6.07, 6.45) is 2.01. The lowest BCUT2D eigenvalue weighted by atomic mass is 9.83. The smallest absolute Gasteiger partial charge is 0.167 e. The Morgan fingerprint density at radius 3 is 2.11 bits per heavy atom. The second kappa shape index (κ2) is 13.7. The van der Waals surface area contributed by atoms with Gasteiger partial charge in [-0.3, -0.25) is 0 Å². The third-order valence-electron chi connectivity index (χ3n) is 8.23. The molecule has 234 valence electrons. The van der Waals surface area contributed by atoms with Crippen molar-refractivity contribution in [1.82, 2.24) is 10.5 Å². The molecular formula is C38H41ClN2O3S. The molecule has 0 amide bonds. The van der Waals surface area contributed by atoms with Crippen LogP contribution in [0.2, 0.25) is 5.02 Å². The van der Waals surface area contributed by atoms with E-state index < -0.39 is 9.84 Å². The molecule has 0 aliphatic carbocycles. The SMILES string of the molecule is CC(NCCS(C)(=O)=O)c1ccc(C[C@@H](c2ccc(C(C)(C)C)cc2)c2cc(-c3cccc(-c4ccc(Cl)cc4)c3)on2)cc1. The second-order valence-electron chi connectivity index (χ2n) is 12.9. The van der Waals surface area contributed by atoms with Crippen molar-refractivity contribution in [2.45, 2.75) is 51.5 Å². The minimum atomic E-state index is -3.00. The molecule has 0 radical (unpaired) electrons. The Hall–Kier alpha value is -3.71. The lowest BCUT2D eigenvalue weighted by molar-refractivity contribution is 0.419. The summed E-state index contributed by atoms with van der Waals surface area (Å²) >= 11 is 6.11. The summed E-state index contributed by atoms with van der Waals surface area (Å²) in [5.41, 5.74) is 8.83. The monoisotopic (exact) mass is 640 g/mol. The van der Waals surface area contributed by atoms with Gasteiger partial charge in [-0.15, -0.1) is 0 Å². The summed E-state index contributed by atoms with van der Waals surface area (Å²) < 4.78 is 29.0. The van der Waals surface area contributed by atoms with Gasteiger partial charge in [-0.25, -0.2) is 8.42 Å². The van der Waals surface area contributed by atoms with Crippen molar-refractivity contribution < 1.29 is 12.9 Å². The lowest BCUT2D eigenvalue weighted by Gasteiger charge is -2.21. The molecule has 7 heteroatoms. The van der Waals surface area contributed by atoms with Crippen molar-refractivity contribution in [2.24, 2.45) is 0 Å². The van der Waals surface area contributed by atoms with Crippen LogP contribution in [0.15, 0.2) is 108 Å². The molecule has 1 heterocycles. The topological polar surface area (TPSA) is 72.2 Å². The molecule has 5 nitrogen and oxygen atoms in total. The fourth-order valence-corrected chi connectivity index (χ4v) is 6.06. The quantitative estimate of drug-likeness (QED) is 0.156. The molecule has 5 rings (SSSR count). The Labute approximate surface area is 272 Å². The number of nitrogens with zero attached hydrogens (tertiary/aromatic N) is 1. The molecule has 1 aromatic heterocycles. The van der Waals surface area contributed by atoms with Crippen LogP contribution in [-0.4, -0.2) is 32.1 Å².